The first kappa shape index (κ1) is 25.2. The van der Waals surface area contributed by atoms with Crippen LogP contribution in [0, 0.1) is 5.82 Å². The first-order valence-corrected chi connectivity index (χ1v) is 11.6. The van der Waals surface area contributed by atoms with Crippen molar-refractivity contribution >= 4 is 27.8 Å². The Morgan fingerprint density at radius 2 is 1.89 bits per heavy atom. The molecule has 0 unspecified atom stereocenters. The van der Waals surface area contributed by atoms with E-state index in [4.69, 9.17) is 23.7 Å². The zero-order valence-corrected chi connectivity index (χ0v) is 20.4. The average molecular weight is 498 g/mol. The molecule has 0 aliphatic rings. The number of hydrogen-bond acceptors (Lipinski definition) is 8. The highest BCUT2D eigenvalue weighted by atomic mass is 19.1. The number of hydrogen-bond donors (Lipinski definition) is 1. The maximum absolute atomic E-state index is 15.3. The van der Waals surface area contributed by atoms with Gasteiger partial charge in [-0.15, -0.1) is 0 Å². The molecule has 1 N–H and O–H groups in total. The van der Waals surface area contributed by atoms with Crippen LogP contribution >= 0.6 is 0 Å². The fraction of sp³-hybridized carbons (Fsp3) is 0.346. The lowest BCUT2D eigenvalue weighted by atomic mass is 10.2. The number of aromatic amines is 1. The fourth-order valence-corrected chi connectivity index (χ4v) is 3.76. The van der Waals surface area contributed by atoms with Crippen LogP contribution in [0.5, 0.6) is 23.1 Å². The summed E-state index contributed by atoms with van der Waals surface area (Å²) in [5.74, 6) is 0.355. The highest BCUT2D eigenvalue weighted by molar-refractivity contribution is 5.87. The summed E-state index contributed by atoms with van der Waals surface area (Å²) < 4.78 is 42.5. The van der Waals surface area contributed by atoms with E-state index in [2.05, 4.69) is 15.0 Å². The van der Waals surface area contributed by atoms with Gasteiger partial charge < -0.3 is 28.7 Å². The van der Waals surface area contributed by atoms with Crippen LogP contribution in [0.2, 0.25) is 0 Å². The minimum atomic E-state index is -0.493. The van der Waals surface area contributed by atoms with E-state index in [9.17, 15) is 4.79 Å². The predicted octanol–water partition coefficient (Wildman–Crippen LogP) is 4.96. The number of nitrogens with zero attached hydrogens (tertiary/aromatic N) is 2. The van der Waals surface area contributed by atoms with Crippen molar-refractivity contribution in [2.24, 2.45) is 0 Å². The third kappa shape index (κ3) is 5.65. The van der Waals surface area contributed by atoms with Crippen molar-refractivity contribution in [3.05, 3.63) is 48.2 Å². The first-order chi connectivity index (χ1) is 17.5. The molecule has 2 aromatic carbocycles. The molecule has 0 aliphatic heterocycles. The summed E-state index contributed by atoms with van der Waals surface area (Å²) in [4.78, 5) is 23.2. The molecule has 0 radical (unpaired) electrons. The Hall–Kier alpha value is -3.92. The number of esters is 1. The van der Waals surface area contributed by atoms with Crippen LogP contribution < -0.4 is 14.2 Å². The highest BCUT2D eigenvalue weighted by Gasteiger charge is 2.17. The third-order valence-corrected chi connectivity index (χ3v) is 5.51. The molecule has 36 heavy (non-hydrogen) atoms. The summed E-state index contributed by atoms with van der Waals surface area (Å²) in [6, 6.07) is 8.45. The number of benzene rings is 2. The Kier molecular flexibility index (Phi) is 8.17. The van der Waals surface area contributed by atoms with Gasteiger partial charge in [0, 0.05) is 42.6 Å². The lowest BCUT2D eigenvalue weighted by Gasteiger charge is -2.13. The second-order valence-corrected chi connectivity index (χ2v) is 7.93. The second kappa shape index (κ2) is 11.7. The van der Waals surface area contributed by atoms with Gasteiger partial charge in [0.1, 0.15) is 6.33 Å². The van der Waals surface area contributed by atoms with Crippen LogP contribution in [0.1, 0.15) is 25.5 Å². The quantitative estimate of drug-likeness (QED) is 0.216. The standard InChI is InChI=1S/C26H28FN3O6/c1-4-34-24(31)6-5-10-35-23-14-20-18(13-22(23)33-3)26(29-15-28-20)36-21-8-7-19-17(25(21)27)12-16(30-19)9-11-32-2/h7-8,12-15,30H,4-6,9-11H2,1-3H3. The zero-order valence-electron chi connectivity index (χ0n) is 20.4. The van der Waals surface area contributed by atoms with Gasteiger partial charge in [-0.25, -0.2) is 14.4 Å². The predicted molar refractivity (Wildman–Crippen MR) is 131 cm³/mol. The Morgan fingerprint density at radius 3 is 2.67 bits per heavy atom. The number of carbonyl (C=O) groups is 1. The van der Waals surface area contributed by atoms with Crippen molar-refractivity contribution < 1.29 is 32.9 Å². The van der Waals surface area contributed by atoms with Gasteiger partial charge in [0.15, 0.2) is 23.1 Å². The Labute approximate surface area is 207 Å². The third-order valence-electron chi connectivity index (χ3n) is 5.51. The molecule has 0 amide bonds. The number of halogens is 1. The van der Waals surface area contributed by atoms with Crippen molar-refractivity contribution in [1.82, 2.24) is 15.0 Å². The van der Waals surface area contributed by atoms with Gasteiger partial charge in [0.2, 0.25) is 5.88 Å². The molecule has 0 atom stereocenters. The lowest BCUT2D eigenvalue weighted by Crippen LogP contribution is -2.07. The molecule has 0 bridgehead atoms. The summed E-state index contributed by atoms with van der Waals surface area (Å²) >= 11 is 0. The van der Waals surface area contributed by atoms with Gasteiger partial charge >= 0.3 is 5.97 Å². The van der Waals surface area contributed by atoms with E-state index in [1.807, 2.05) is 0 Å². The molecule has 4 aromatic rings. The molecule has 0 aliphatic carbocycles. The van der Waals surface area contributed by atoms with E-state index in [1.165, 1.54) is 13.4 Å². The van der Waals surface area contributed by atoms with Crippen molar-refractivity contribution in [1.29, 1.82) is 0 Å². The molecular formula is C26H28FN3O6. The van der Waals surface area contributed by atoms with Crippen LogP contribution in [-0.2, 0) is 20.7 Å². The van der Waals surface area contributed by atoms with Gasteiger partial charge in [0.25, 0.3) is 0 Å². The minimum Gasteiger partial charge on any atom is -0.493 e. The SMILES string of the molecule is CCOC(=O)CCCOc1cc2ncnc(Oc3ccc4[nH]c(CCOC)cc4c3F)c2cc1OC. The van der Waals surface area contributed by atoms with Crippen LogP contribution in [0.15, 0.2) is 36.7 Å². The zero-order chi connectivity index (χ0) is 25.5. The van der Waals surface area contributed by atoms with Crippen molar-refractivity contribution in [3.8, 4) is 23.1 Å². The number of H-pyrrole nitrogens is 1. The topological polar surface area (TPSA) is 105 Å². The number of aromatic nitrogens is 3. The van der Waals surface area contributed by atoms with Crippen LogP contribution in [0.25, 0.3) is 21.8 Å². The summed E-state index contributed by atoms with van der Waals surface area (Å²) in [7, 11) is 3.13. The number of fused-ring (bicyclic) bond motifs is 2. The Balaban J connectivity index is 1.56. The number of ether oxygens (including phenoxy) is 5. The van der Waals surface area contributed by atoms with Crippen LogP contribution in [-0.4, -0.2) is 55.0 Å². The lowest BCUT2D eigenvalue weighted by molar-refractivity contribution is -0.143. The van der Waals surface area contributed by atoms with Gasteiger partial charge in [-0.1, -0.05) is 0 Å². The smallest absolute Gasteiger partial charge is 0.305 e. The highest BCUT2D eigenvalue weighted by Crippen LogP contribution is 2.37. The minimum absolute atomic E-state index is 0.0399. The summed E-state index contributed by atoms with van der Waals surface area (Å²) in [6.45, 7) is 2.94. The second-order valence-electron chi connectivity index (χ2n) is 7.93. The molecule has 0 fully saturated rings. The number of rotatable bonds is 12. The molecule has 10 heteroatoms. The molecule has 190 valence electrons. The van der Waals surface area contributed by atoms with Crippen molar-refractivity contribution in [3.63, 3.8) is 0 Å². The first-order valence-electron chi connectivity index (χ1n) is 11.6. The molecule has 4 rings (SSSR count). The largest absolute Gasteiger partial charge is 0.493 e. The molecule has 2 aromatic heterocycles. The monoisotopic (exact) mass is 497 g/mol. The van der Waals surface area contributed by atoms with E-state index < -0.39 is 5.82 Å². The van der Waals surface area contributed by atoms with Gasteiger partial charge in [-0.3, -0.25) is 4.79 Å². The van der Waals surface area contributed by atoms with E-state index >= 15 is 4.39 Å². The number of carbonyl (C=O) groups excluding carboxylic acids is 1. The van der Waals surface area contributed by atoms with Crippen molar-refractivity contribution in [2.45, 2.75) is 26.2 Å². The summed E-state index contributed by atoms with van der Waals surface area (Å²) in [6.07, 6.45) is 2.73. The Bertz CT molecular complexity index is 1360. The molecule has 2 heterocycles. The maximum Gasteiger partial charge on any atom is 0.305 e. The fourth-order valence-electron chi connectivity index (χ4n) is 3.76. The van der Waals surface area contributed by atoms with Gasteiger partial charge in [-0.05, 0) is 37.6 Å². The average Bonchev–Trinajstić information content (AvgIpc) is 3.31. The van der Waals surface area contributed by atoms with Crippen LogP contribution in [0.4, 0.5) is 4.39 Å². The van der Waals surface area contributed by atoms with Gasteiger partial charge in [-0.2, -0.15) is 0 Å². The molecular weight excluding hydrogens is 469 g/mol. The molecule has 0 spiro atoms. The summed E-state index contributed by atoms with van der Waals surface area (Å²) in [5, 5.41) is 0.954. The number of nitrogens with one attached hydrogen (secondary N) is 1. The summed E-state index contributed by atoms with van der Waals surface area (Å²) in [5.41, 5.74) is 2.07. The Morgan fingerprint density at radius 1 is 1.03 bits per heavy atom. The van der Waals surface area contributed by atoms with Gasteiger partial charge in [0.05, 0.1) is 37.8 Å². The number of methoxy groups -OCH3 is 2. The maximum atomic E-state index is 15.3. The molecule has 0 saturated carbocycles. The normalized spacial score (nSPS) is 11.1. The van der Waals surface area contributed by atoms with E-state index in [1.54, 1.807) is 44.4 Å². The van der Waals surface area contributed by atoms with Crippen molar-refractivity contribution in [2.75, 3.05) is 34.0 Å². The van der Waals surface area contributed by atoms with Crippen LogP contribution in [0.3, 0.4) is 0 Å². The molecule has 9 nitrogen and oxygen atoms in total. The van der Waals surface area contributed by atoms with E-state index in [0.29, 0.717) is 66.0 Å². The van der Waals surface area contributed by atoms with E-state index in [-0.39, 0.29) is 24.0 Å². The van der Waals surface area contributed by atoms with E-state index in [0.717, 1.165) is 5.69 Å². The molecule has 0 saturated heterocycles.